The molecule has 0 radical (unpaired) electrons. The van der Waals surface area contributed by atoms with E-state index in [1.54, 1.807) is 0 Å². The van der Waals surface area contributed by atoms with E-state index < -0.39 is 11.4 Å². The van der Waals surface area contributed by atoms with Crippen LogP contribution < -0.4 is 4.74 Å². The number of carbonyl (C=O) groups is 1. The minimum atomic E-state index is -0.761. The third kappa shape index (κ3) is 3.09. The molecule has 0 amide bonds. The summed E-state index contributed by atoms with van der Waals surface area (Å²) in [5.41, 5.74) is 2.73. The number of benzene rings is 2. The minimum absolute atomic E-state index is 0.0373. The number of fused-ring (bicyclic) bond motifs is 1. The van der Waals surface area contributed by atoms with Crippen molar-refractivity contribution in [1.29, 1.82) is 0 Å². The zero-order valence-electron chi connectivity index (χ0n) is 13.6. The van der Waals surface area contributed by atoms with E-state index in [2.05, 4.69) is 6.07 Å². The van der Waals surface area contributed by atoms with Crippen molar-refractivity contribution < 1.29 is 14.6 Å². The molecule has 0 spiro atoms. The highest BCUT2D eigenvalue weighted by Crippen LogP contribution is 2.46. The first-order chi connectivity index (χ1) is 11.0. The zero-order chi connectivity index (χ0) is 16.4. The summed E-state index contributed by atoms with van der Waals surface area (Å²) >= 11 is 0. The molecule has 2 aromatic rings. The van der Waals surface area contributed by atoms with Crippen molar-refractivity contribution in [2.24, 2.45) is 5.41 Å². The number of carboxylic acids is 1. The van der Waals surface area contributed by atoms with Gasteiger partial charge in [-0.3, -0.25) is 4.79 Å². The Morgan fingerprint density at radius 3 is 2.65 bits per heavy atom. The van der Waals surface area contributed by atoms with E-state index >= 15 is 0 Å². The van der Waals surface area contributed by atoms with E-state index in [-0.39, 0.29) is 5.92 Å². The fourth-order valence-corrected chi connectivity index (χ4v) is 3.31. The summed E-state index contributed by atoms with van der Waals surface area (Å²) in [5.74, 6) is 0.0990. The Morgan fingerprint density at radius 2 is 1.96 bits per heavy atom. The average molecular weight is 310 g/mol. The van der Waals surface area contributed by atoms with Crippen LogP contribution in [0.1, 0.15) is 42.9 Å². The third-order valence-electron chi connectivity index (χ3n) is 4.87. The molecule has 0 saturated carbocycles. The zero-order valence-corrected chi connectivity index (χ0v) is 13.6. The Morgan fingerprint density at radius 1 is 1.22 bits per heavy atom. The molecule has 23 heavy (non-hydrogen) atoms. The number of hydrogen-bond acceptors (Lipinski definition) is 2. The smallest absolute Gasteiger partial charge is 0.309 e. The summed E-state index contributed by atoms with van der Waals surface area (Å²) in [6.07, 6.45) is 1.83. The Balaban J connectivity index is 1.80. The molecule has 2 aromatic carbocycles. The Kier molecular flexibility index (Phi) is 4.12. The van der Waals surface area contributed by atoms with E-state index in [0.717, 1.165) is 29.7 Å². The van der Waals surface area contributed by atoms with Crippen LogP contribution in [0.15, 0.2) is 48.5 Å². The van der Waals surface area contributed by atoms with Gasteiger partial charge in [0.05, 0.1) is 5.41 Å². The average Bonchev–Trinajstić information content (AvgIpc) is 2.97. The van der Waals surface area contributed by atoms with Crippen molar-refractivity contribution in [2.75, 3.05) is 0 Å². The highest BCUT2D eigenvalue weighted by atomic mass is 16.5. The molecule has 1 aliphatic carbocycles. The summed E-state index contributed by atoms with van der Waals surface area (Å²) in [7, 11) is 0. The summed E-state index contributed by atoms with van der Waals surface area (Å²) < 4.78 is 5.89. The van der Waals surface area contributed by atoms with Gasteiger partial charge in [0.2, 0.25) is 0 Å². The lowest BCUT2D eigenvalue weighted by atomic mass is 9.75. The molecule has 1 N–H and O–H groups in total. The molecule has 3 rings (SSSR count). The normalized spacial score (nSPS) is 16.9. The fourth-order valence-electron chi connectivity index (χ4n) is 3.31. The molecule has 0 heterocycles. The van der Waals surface area contributed by atoms with Crippen LogP contribution in [0.5, 0.6) is 5.75 Å². The second kappa shape index (κ2) is 6.07. The molecule has 1 unspecified atom stereocenters. The minimum Gasteiger partial charge on any atom is -0.489 e. The number of hydrogen-bond donors (Lipinski definition) is 1. The van der Waals surface area contributed by atoms with Gasteiger partial charge in [-0.1, -0.05) is 36.4 Å². The lowest BCUT2D eigenvalue weighted by Gasteiger charge is -2.28. The molecule has 0 saturated heterocycles. The molecular formula is C20H22O3. The third-order valence-corrected chi connectivity index (χ3v) is 4.87. The predicted octanol–water partition coefficient (Wildman–Crippen LogP) is 4.41. The van der Waals surface area contributed by atoms with Crippen molar-refractivity contribution in [3.05, 3.63) is 65.2 Å². The number of aliphatic carboxylic acids is 1. The van der Waals surface area contributed by atoms with Gasteiger partial charge in [-0.15, -0.1) is 0 Å². The van der Waals surface area contributed by atoms with E-state index in [1.807, 2.05) is 56.3 Å². The second-order valence-corrected chi connectivity index (χ2v) is 6.75. The maximum atomic E-state index is 11.6. The monoisotopic (exact) mass is 310 g/mol. The van der Waals surface area contributed by atoms with Crippen LogP contribution in [0.2, 0.25) is 0 Å². The van der Waals surface area contributed by atoms with Crippen molar-refractivity contribution in [3.63, 3.8) is 0 Å². The van der Waals surface area contributed by atoms with E-state index in [1.165, 1.54) is 5.56 Å². The summed E-state index contributed by atoms with van der Waals surface area (Å²) in [6.45, 7) is 4.14. The van der Waals surface area contributed by atoms with E-state index in [0.29, 0.717) is 6.61 Å². The van der Waals surface area contributed by atoms with Gasteiger partial charge in [0.15, 0.2) is 0 Å². The van der Waals surface area contributed by atoms with Crippen LogP contribution in [-0.4, -0.2) is 11.1 Å². The Hall–Kier alpha value is -2.29. The van der Waals surface area contributed by atoms with Crippen LogP contribution in [0.4, 0.5) is 0 Å². The first-order valence-electron chi connectivity index (χ1n) is 8.01. The van der Waals surface area contributed by atoms with Crippen LogP contribution in [0.25, 0.3) is 0 Å². The van der Waals surface area contributed by atoms with Crippen molar-refractivity contribution in [1.82, 2.24) is 0 Å². The van der Waals surface area contributed by atoms with Gasteiger partial charge in [-0.25, -0.2) is 0 Å². The molecule has 1 aliphatic rings. The van der Waals surface area contributed by atoms with E-state index in [9.17, 15) is 9.90 Å². The van der Waals surface area contributed by atoms with Gasteiger partial charge in [0.25, 0.3) is 0 Å². The first kappa shape index (κ1) is 15.6. The summed E-state index contributed by atoms with van der Waals surface area (Å²) in [5, 5.41) is 9.52. The highest BCUT2D eigenvalue weighted by molar-refractivity contribution is 5.75. The fraction of sp³-hybridized carbons (Fsp3) is 0.350. The molecule has 1 atom stereocenters. The predicted molar refractivity (Wildman–Crippen MR) is 89.7 cm³/mol. The summed E-state index contributed by atoms with van der Waals surface area (Å²) in [4.78, 5) is 11.6. The molecule has 0 aliphatic heterocycles. The van der Waals surface area contributed by atoms with Gasteiger partial charge < -0.3 is 9.84 Å². The largest absolute Gasteiger partial charge is 0.489 e. The topological polar surface area (TPSA) is 46.5 Å². The lowest BCUT2D eigenvalue weighted by Crippen LogP contribution is -2.30. The molecule has 0 fully saturated rings. The molecule has 0 aromatic heterocycles. The molecule has 3 nitrogen and oxygen atoms in total. The lowest BCUT2D eigenvalue weighted by molar-refractivity contribution is -0.148. The first-order valence-corrected chi connectivity index (χ1v) is 8.01. The van der Waals surface area contributed by atoms with Gasteiger partial charge in [-0.05, 0) is 55.5 Å². The van der Waals surface area contributed by atoms with Crippen LogP contribution in [0.3, 0.4) is 0 Å². The maximum absolute atomic E-state index is 11.6. The molecular weight excluding hydrogens is 288 g/mol. The number of aryl methyl sites for hydroxylation is 1. The van der Waals surface area contributed by atoms with Gasteiger partial charge >= 0.3 is 5.97 Å². The quantitative estimate of drug-likeness (QED) is 0.890. The standard InChI is InChI=1S/C20H22O3/c1-20(2,19(21)22)18-11-9-15-8-10-16(12-17(15)18)23-13-14-6-4-3-5-7-14/h3-8,10,12,18H,9,11,13H2,1-2H3,(H,21,22). The van der Waals surface area contributed by atoms with Crippen molar-refractivity contribution >= 4 is 5.97 Å². The van der Waals surface area contributed by atoms with Crippen LogP contribution in [-0.2, 0) is 17.8 Å². The number of ether oxygens (including phenoxy) is 1. The van der Waals surface area contributed by atoms with Crippen LogP contribution >= 0.6 is 0 Å². The van der Waals surface area contributed by atoms with Crippen molar-refractivity contribution in [2.45, 2.75) is 39.2 Å². The highest BCUT2D eigenvalue weighted by Gasteiger charge is 2.41. The SMILES string of the molecule is CC(C)(C(=O)O)C1CCc2ccc(OCc3ccccc3)cc21. The Labute approximate surface area is 136 Å². The second-order valence-electron chi connectivity index (χ2n) is 6.75. The number of rotatable bonds is 5. The molecule has 3 heteroatoms. The van der Waals surface area contributed by atoms with Gasteiger partial charge in [-0.2, -0.15) is 0 Å². The maximum Gasteiger partial charge on any atom is 0.309 e. The molecule has 120 valence electrons. The van der Waals surface area contributed by atoms with Crippen molar-refractivity contribution in [3.8, 4) is 5.75 Å². The molecule has 0 bridgehead atoms. The van der Waals surface area contributed by atoms with E-state index in [4.69, 9.17) is 4.74 Å². The van der Waals surface area contributed by atoms with Gasteiger partial charge in [0, 0.05) is 5.92 Å². The summed E-state index contributed by atoms with van der Waals surface area (Å²) in [6, 6.07) is 16.1. The van der Waals surface area contributed by atoms with Crippen LogP contribution in [0, 0.1) is 5.41 Å². The number of carboxylic acid groups (broad SMARTS) is 1. The Bertz CT molecular complexity index is 704. The van der Waals surface area contributed by atoms with Gasteiger partial charge in [0.1, 0.15) is 12.4 Å².